The van der Waals surface area contributed by atoms with Gasteiger partial charge in [0.2, 0.25) is 15.9 Å². The molecule has 0 aliphatic carbocycles. The van der Waals surface area contributed by atoms with Gasteiger partial charge in [0, 0.05) is 18.8 Å². The molecule has 1 rings (SSSR count). The normalized spacial score (nSPS) is 11.3. The van der Waals surface area contributed by atoms with Crippen LogP contribution in [0.15, 0.2) is 24.3 Å². The van der Waals surface area contributed by atoms with E-state index in [4.69, 9.17) is 0 Å². The summed E-state index contributed by atoms with van der Waals surface area (Å²) in [4.78, 5) is 11.4. The standard InChI is InChI=1S/C11H16FN3O3S/c1-19(17,18)14-6-5-13-8-11(16)15-10-4-2-3-9(12)7-10/h2-4,7,13-14H,5-6,8H2,1H3,(H,15,16). The number of carbonyl (C=O) groups excluding carboxylic acids is 1. The minimum absolute atomic E-state index is 0.0158. The summed E-state index contributed by atoms with van der Waals surface area (Å²) < 4.78 is 36.6. The van der Waals surface area contributed by atoms with Gasteiger partial charge in [-0.15, -0.1) is 0 Å². The zero-order valence-corrected chi connectivity index (χ0v) is 11.3. The molecule has 0 bridgehead atoms. The highest BCUT2D eigenvalue weighted by Crippen LogP contribution is 2.08. The number of amides is 1. The number of carbonyl (C=O) groups is 1. The van der Waals surface area contributed by atoms with Crippen molar-refractivity contribution in [2.45, 2.75) is 0 Å². The predicted octanol–water partition coefficient (Wildman–Crippen LogP) is -0.0970. The Morgan fingerprint density at radius 3 is 2.68 bits per heavy atom. The van der Waals surface area contributed by atoms with Gasteiger partial charge in [0.25, 0.3) is 0 Å². The molecule has 1 aromatic rings. The fourth-order valence-electron chi connectivity index (χ4n) is 1.30. The summed E-state index contributed by atoms with van der Waals surface area (Å²) in [7, 11) is -3.21. The Labute approximate surface area is 111 Å². The van der Waals surface area contributed by atoms with Crippen molar-refractivity contribution in [3.63, 3.8) is 0 Å². The predicted molar refractivity (Wildman–Crippen MR) is 70.7 cm³/mol. The van der Waals surface area contributed by atoms with Crippen LogP contribution in [0.5, 0.6) is 0 Å². The maximum absolute atomic E-state index is 12.8. The van der Waals surface area contributed by atoms with Gasteiger partial charge in [-0.3, -0.25) is 4.79 Å². The Bertz CT molecular complexity index is 534. The molecule has 0 fully saturated rings. The molecule has 0 saturated heterocycles. The summed E-state index contributed by atoms with van der Waals surface area (Å²) in [5.41, 5.74) is 0.376. The first-order chi connectivity index (χ1) is 8.87. The van der Waals surface area contributed by atoms with Gasteiger partial charge in [0.15, 0.2) is 0 Å². The average Bonchev–Trinajstić information content (AvgIpc) is 2.26. The molecule has 0 aliphatic rings. The van der Waals surface area contributed by atoms with Gasteiger partial charge in [-0.05, 0) is 18.2 Å². The Balaban J connectivity index is 2.22. The van der Waals surface area contributed by atoms with E-state index in [0.29, 0.717) is 12.2 Å². The van der Waals surface area contributed by atoms with Crippen LogP contribution in [0.2, 0.25) is 0 Å². The van der Waals surface area contributed by atoms with Crippen molar-refractivity contribution in [2.75, 3.05) is 31.2 Å². The van der Waals surface area contributed by atoms with Crippen molar-refractivity contribution in [1.29, 1.82) is 0 Å². The number of rotatable bonds is 7. The largest absolute Gasteiger partial charge is 0.325 e. The number of anilines is 1. The molecule has 19 heavy (non-hydrogen) atoms. The SMILES string of the molecule is CS(=O)(=O)NCCNCC(=O)Nc1cccc(F)c1. The van der Waals surface area contributed by atoms with E-state index in [-0.39, 0.29) is 19.0 Å². The maximum atomic E-state index is 12.8. The van der Waals surface area contributed by atoms with Gasteiger partial charge >= 0.3 is 0 Å². The lowest BCUT2D eigenvalue weighted by atomic mass is 10.3. The van der Waals surface area contributed by atoms with Crippen LogP contribution in [0.1, 0.15) is 0 Å². The van der Waals surface area contributed by atoms with Crippen molar-refractivity contribution in [3.05, 3.63) is 30.1 Å². The van der Waals surface area contributed by atoms with Gasteiger partial charge in [0.05, 0.1) is 12.8 Å². The third-order valence-electron chi connectivity index (χ3n) is 2.06. The van der Waals surface area contributed by atoms with E-state index in [1.807, 2.05) is 0 Å². The fourth-order valence-corrected chi connectivity index (χ4v) is 1.77. The molecule has 0 radical (unpaired) electrons. The third kappa shape index (κ3) is 7.50. The van der Waals surface area contributed by atoms with E-state index in [1.165, 1.54) is 18.2 Å². The molecule has 0 unspecified atom stereocenters. The molecule has 0 saturated carbocycles. The molecule has 106 valence electrons. The Hall–Kier alpha value is -1.51. The topological polar surface area (TPSA) is 87.3 Å². The number of nitrogens with one attached hydrogen (secondary N) is 3. The molecule has 0 aromatic heterocycles. The monoisotopic (exact) mass is 289 g/mol. The molecular formula is C11H16FN3O3S. The van der Waals surface area contributed by atoms with Crippen LogP contribution >= 0.6 is 0 Å². The van der Waals surface area contributed by atoms with Crippen molar-refractivity contribution < 1.29 is 17.6 Å². The first-order valence-corrected chi connectivity index (χ1v) is 7.47. The van der Waals surface area contributed by atoms with Crippen molar-refractivity contribution >= 4 is 21.6 Å². The van der Waals surface area contributed by atoms with Gasteiger partial charge in [0.1, 0.15) is 5.82 Å². The lowest BCUT2D eigenvalue weighted by Crippen LogP contribution is -2.35. The fraction of sp³-hybridized carbons (Fsp3) is 0.364. The van der Waals surface area contributed by atoms with Crippen LogP contribution in [-0.4, -0.2) is 40.2 Å². The van der Waals surface area contributed by atoms with E-state index in [0.717, 1.165) is 6.26 Å². The van der Waals surface area contributed by atoms with E-state index >= 15 is 0 Å². The van der Waals surface area contributed by atoms with Crippen LogP contribution in [0.3, 0.4) is 0 Å². The molecule has 0 aliphatic heterocycles. The summed E-state index contributed by atoms with van der Waals surface area (Å²) in [6.07, 6.45) is 1.06. The van der Waals surface area contributed by atoms with Crippen LogP contribution < -0.4 is 15.4 Å². The lowest BCUT2D eigenvalue weighted by molar-refractivity contribution is -0.115. The second kappa shape index (κ2) is 7.17. The molecule has 1 aromatic carbocycles. The Kier molecular flexibility index (Phi) is 5.87. The smallest absolute Gasteiger partial charge is 0.238 e. The molecule has 0 spiro atoms. The van der Waals surface area contributed by atoms with Crippen molar-refractivity contribution in [1.82, 2.24) is 10.0 Å². The summed E-state index contributed by atoms with van der Waals surface area (Å²) in [5, 5.41) is 5.27. The number of halogens is 1. The number of sulfonamides is 1. The quantitative estimate of drug-likeness (QED) is 0.612. The lowest BCUT2D eigenvalue weighted by Gasteiger charge is -2.07. The van der Waals surface area contributed by atoms with E-state index in [1.54, 1.807) is 6.07 Å². The Morgan fingerprint density at radius 1 is 1.32 bits per heavy atom. The molecule has 1 amide bonds. The molecule has 0 atom stereocenters. The Morgan fingerprint density at radius 2 is 2.05 bits per heavy atom. The molecule has 8 heteroatoms. The van der Waals surface area contributed by atoms with E-state index in [2.05, 4.69) is 15.4 Å². The van der Waals surface area contributed by atoms with Gasteiger partial charge in [-0.25, -0.2) is 17.5 Å². The number of hydrogen-bond acceptors (Lipinski definition) is 4. The summed E-state index contributed by atoms with van der Waals surface area (Å²) >= 11 is 0. The minimum Gasteiger partial charge on any atom is -0.325 e. The highest BCUT2D eigenvalue weighted by Gasteiger charge is 2.03. The second-order valence-corrected chi connectivity index (χ2v) is 5.73. The van der Waals surface area contributed by atoms with E-state index in [9.17, 15) is 17.6 Å². The summed E-state index contributed by atoms with van der Waals surface area (Å²) in [5.74, 6) is -0.756. The summed E-state index contributed by atoms with van der Waals surface area (Å²) in [6, 6.07) is 5.56. The molecule has 6 nitrogen and oxygen atoms in total. The maximum Gasteiger partial charge on any atom is 0.238 e. The zero-order valence-electron chi connectivity index (χ0n) is 10.4. The first-order valence-electron chi connectivity index (χ1n) is 5.57. The minimum atomic E-state index is -3.21. The third-order valence-corrected chi connectivity index (χ3v) is 2.79. The highest BCUT2D eigenvalue weighted by atomic mass is 32.2. The molecular weight excluding hydrogens is 273 g/mol. The van der Waals surface area contributed by atoms with Crippen LogP contribution in [0.25, 0.3) is 0 Å². The van der Waals surface area contributed by atoms with Crippen LogP contribution in [0, 0.1) is 5.82 Å². The summed E-state index contributed by atoms with van der Waals surface area (Å²) in [6.45, 7) is 0.539. The van der Waals surface area contributed by atoms with Crippen molar-refractivity contribution in [3.8, 4) is 0 Å². The average molecular weight is 289 g/mol. The number of hydrogen-bond donors (Lipinski definition) is 3. The molecule has 3 N–H and O–H groups in total. The second-order valence-electron chi connectivity index (χ2n) is 3.90. The highest BCUT2D eigenvalue weighted by molar-refractivity contribution is 7.88. The first kappa shape index (κ1) is 15.5. The van der Waals surface area contributed by atoms with Gasteiger partial charge in [-0.1, -0.05) is 6.07 Å². The van der Waals surface area contributed by atoms with Crippen LogP contribution in [-0.2, 0) is 14.8 Å². The van der Waals surface area contributed by atoms with Crippen molar-refractivity contribution in [2.24, 2.45) is 0 Å². The van der Waals surface area contributed by atoms with Crippen LogP contribution in [0.4, 0.5) is 10.1 Å². The van der Waals surface area contributed by atoms with Gasteiger partial charge < -0.3 is 10.6 Å². The number of benzene rings is 1. The molecule has 0 heterocycles. The van der Waals surface area contributed by atoms with Gasteiger partial charge in [-0.2, -0.15) is 0 Å². The zero-order chi connectivity index (χ0) is 14.3. The van der Waals surface area contributed by atoms with E-state index < -0.39 is 15.8 Å².